The van der Waals surface area contributed by atoms with Gasteiger partial charge >= 0.3 is 5.97 Å². The summed E-state index contributed by atoms with van der Waals surface area (Å²) in [6.45, 7) is 4.02. The van der Waals surface area contributed by atoms with Gasteiger partial charge in [0.2, 0.25) is 0 Å². The molecule has 82 valence electrons. The molecule has 1 saturated heterocycles. The van der Waals surface area contributed by atoms with Crippen LogP contribution in [-0.2, 0) is 4.79 Å². The van der Waals surface area contributed by atoms with Crippen molar-refractivity contribution in [3.05, 3.63) is 0 Å². The second kappa shape index (κ2) is 4.75. The molecule has 0 saturated carbocycles. The number of nitrogens with zero attached hydrogens (tertiary/aromatic N) is 2. The number of carbonyl (C=O) groups is 1. The number of hydrogen-bond acceptors (Lipinski definition) is 3. The summed E-state index contributed by atoms with van der Waals surface area (Å²) < 4.78 is 0. The number of hydrogen-bond donors (Lipinski definition) is 1. The Kier molecular flexibility index (Phi) is 3.89. The smallest absolute Gasteiger partial charge is 0.304 e. The van der Waals surface area contributed by atoms with Crippen LogP contribution >= 0.6 is 0 Å². The van der Waals surface area contributed by atoms with Gasteiger partial charge < -0.3 is 10.0 Å². The summed E-state index contributed by atoms with van der Waals surface area (Å²) in [4.78, 5) is 15.0. The standard InChI is InChI=1S/C10H20N2O2/c1-8(6-10(13)14)12-5-4-9(7-12)11(2)3/h8-9H,4-7H2,1-3H3,(H,13,14). The van der Waals surface area contributed by atoms with E-state index in [0.717, 1.165) is 19.5 Å². The van der Waals surface area contributed by atoms with Crippen molar-refractivity contribution in [2.24, 2.45) is 0 Å². The predicted octanol–water partition coefficient (Wildman–Crippen LogP) is 0.485. The zero-order valence-corrected chi connectivity index (χ0v) is 9.23. The highest BCUT2D eigenvalue weighted by Gasteiger charge is 2.27. The van der Waals surface area contributed by atoms with Gasteiger partial charge in [0, 0.05) is 25.2 Å². The van der Waals surface area contributed by atoms with Crippen LogP contribution in [0.15, 0.2) is 0 Å². The lowest BCUT2D eigenvalue weighted by atomic mass is 10.2. The van der Waals surface area contributed by atoms with Gasteiger partial charge in [-0.3, -0.25) is 9.69 Å². The molecule has 1 rings (SSSR count). The summed E-state index contributed by atoms with van der Waals surface area (Å²) in [6, 6.07) is 0.753. The van der Waals surface area contributed by atoms with Crippen molar-refractivity contribution in [3.63, 3.8) is 0 Å². The Morgan fingerprint density at radius 3 is 2.71 bits per heavy atom. The first kappa shape index (κ1) is 11.5. The van der Waals surface area contributed by atoms with Gasteiger partial charge in [-0.15, -0.1) is 0 Å². The van der Waals surface area contributed by atoms with E-state index in [2.05, 4.69) is 23.9 Å². The van der Waals surface area contributed by atoms with Crippen molar-refractivity contribution in [1.82, 2.24) is 9.80 Å². The number of aliphatic carboxylic acids is 1. The van der Waals surface area contributed by atoms with Crippen LogP contribution in [0.4, 0.5) is 0 Å². The maximum atomic E-state index is 10.5. The lowest BCUT2D eigenvalue weighted by Gasteiger charge is -2.24. The minimum atomic E-state index is -0.703. The van der Waals surface area contributed by atoms with Crippen molar-refractivity contribution in [3.8, 4) is 0 Å². The van der Waals surface area contributed by atoms with Crippen molar-refractivity contribution in [2.75, 3.05) is 27.2 Å². The SMILES string of the molecule is CC(CC(=O)O)N1CCC(N(C)C)C1. The van der Waals surface area contributed by atoms with E-state index < -0.39 is 5.97 Å². The van der Waals surface area contributed by atoms with Crippen LogP contribution in [0.25, 0.3) is 0 Å². The topological polar surface area (TPSA) is 43.8 Å². The lowest BCUT2D eigenvalue weighted by molar-refractivity contribution is -0.138. The van der Waals surface area contributed by atoms with Gasteiger partial charge in [-0.05, 0) is 27.4 Å². The van der Waals surface area contributed by atoms with Crippen LogP contribution in [0, 0.1) is 0 Å². The molecule has 0 aromatic rings. The highest BCUT2D eigenvalue weighted by molar-refractivity contribution is 5.67. The normalized spacial score (nSPS) is 25.6. The molecule has 14 heavy (non-hydrogen) atoms. The van der Waals surface area contributed by atoms with Gasteiger partial charge in [-0.2, -0.15) is 0 Å². The molecular weight excluding hydrogens is 180 g/mol. The molecule has 1 aliphatic heterocycles. The fourth-order valence-electron chi connectivity index (χ4n) is 1.97. The van der Waals surface area contributed by atoms with Gasteiger partial charge in [-0.1, -0.05) is 0 Å². The predicted molar refractivity (Wildman–Crippen MR) is 55.4 cm³/mol. The Bertz CT molecular complexity index is 206. The van der Waals surface area contributed by atoms with E-state index in [1.165, 1.54) is 0 Å². The first-order valence-electron chi connectivity index (χ1n) is 5.13. The third kappa shape index (κ3) is 2.96. The van der Waals surface area contributed by atoms with Crippen LogP contribution in [0.5, 0.6) is 0 Å². The Labute approximate surface area is 85.5 Å². The number of likely N-dealkylation sites (N-methyl/N-ethyl adjacent to an activating group) is 1. The van der Waals surface area contributed by atoms with Crippen LogP contribution in [0.1, 0.15) is 19.8 Å². The molecule has 0 radical (unpaired) electrons. The maximum Gasteiger partial charge on any atom is 0.304 e. The van der Waals surface area contributed by atoms with E-state index in [9.17, 15) is 4.79 Å². The van der Waals surface area contributed by atoms with Crippen LogP contribution in [0.2, 0.25) is 0 Å². The number of carboxylic acids is 1. The minimum absolute atomic E-state index is 0.164. The number of carboxylic acid groups (broad SMARTS) is 1. The Morgan fingerprint density at radius 2 is 2.29 bits per heavy atom. The largest absolute Gasteiger partial charge is 0.481 e. The van der Waals surface area contributed by atoms with Crippen molar-refractivity contribution < 1.29 is 9.90 Å². The average molecular weight is 200 g/mol. The summed E-state index contributed by atoms with van der Waals surface area (Å²) in [5.41, 5.74) is 0. The fourth-order valence-corrected chi connectivity index (χ4v) is 1.97. The summed E-state index contributed by atoms with van der Waals surface area (Å²) in [6.07, 6.45) is 1.40. The zero-order chi connectivity index (χ0) is 10.7. The molecule has 4 heteroatoms. The quantitative estimate of drug-likeness (QED) is 0.717. The fraction of sp³-hybridized carbons (Fsp3) is 0.900. The van der Waals surface area contributed by atoms with Gasteiger partial charge in [0.1, 0.15) is 0 Å². The average Bonchev–Trinajstić information content (AvgIpc) is 2.50. The lowest BCUT2D eigenvalue weighted by Crippen LogP contribution is -2.36. The molecule has 1 aliphatic rings. The monoisotopic (exact) mass is 200 g/mol. The molecule has 4 nitrogen and oxygen atoms in total. The summed E-state index contributed by atoms with van der Waals surface area (Å²) in [7, 11) is 4.16. The molecule has 1 heterocycles. The molecule has 2 unspecified atom stereocenters. The van der Waals surface area contributed by atoms with Crippen LogP contribution < -0.4 is 0 Å². The second-order valence-corrected chi connectivity index (χ2v) is 4.35. The third-order valence-electron chi connectivity index (χ3n) is 3.02. The summed E-state index contributed by atoms with van der Waals surface area (Å²) in [5, 5.41) is 8.68. The van der Waals surface area contributed by atoms with E-state index in [-0.39, 0.29) is 12.5 Å². The summed E-state index contributed by atoms with van der Waals surface area (Å²) in [5.74, 6) is -0.703. The molecule has 2 atom stereocenters. The van der Waals surface area contributed by atoms with E-state index in [1.807, 2.05) is 6.92 Å². The highest BCUT2D eigenvalue weighted by Crippen LogP contribution is 2.17. The number of likely N-dealkylation sites (tertiary alicyclic amines) is 1. The van der Waals surface area contributed by atoms with Crippen molar-refractivity contribution in [2.45, 2.75) is 31.8 Å². The second-order valence-electron chi connectivity index (χ2n) is 4.35. The minimum Gasteiger partial charge on any atom is -0.481 e. The van der Waals surface area contributed by atoms with Gasteiger partial charge in [0.05, 0.1) is 6.42 Å². The van der Waals surface area contributed by atoms with Gasteiger partial charge in [-0.25, -0.2) is 0 Å². The van der Waals surface area contributed by atoms with E-state index in [0.29, 0.717) is 6.04 Å². The Hall–Kier alpha value is -0.610. The first-order chi connectivity index (χ1) is 6.50. The molecule has 1 N–H and O–H groups in total. The molecule has 0 amide bonds. The molecule has 0 spiro atoms. The Morgan fingerprint density at radius 1 is 1.64 bits per heavy atom. The van der Waals surface area contributed by atoms with Crippen LogP contribution in [0.3, 0.4) is 0 Å². The molecular formula is C10H20N2O2. The first-order valence-corrected chi connectivity index (χ1v) is 5.13. The maximum absolute atomic E-state index is 10.5. The van der Waals surface area contributed by atoms with Crippen molar-refractivity contribution >= 4 is 5.97 Å². The van der Waals surface area contributed by atoms with Crippen LogP contribution in [-0.4, -0.2) is 60.1 Å². The molecule has 0 bridgehead atoms. The Balaban J connectivity index is 2.37. The molecule has 0 aliphatic carbocycles. The van der Waals surface area contributed by atoms with Gasteiger partial charge in [0.25, 0.3) is 0 Å². The highest BCUT2D eigenvalue weighted by atomic mass is 16.4. The van der Waals surface area contributed by atoms with Gasteiger partial charge in [0.15, 0.2) is 0 Å². The molecule has 1 fully saturated rings. The number of rotatable bonds is 4. The molecule has 0 aromatic carbocycles. The third-order valence-corrected chi connectivity index (χ3v) is 3.02. The summed E-state index contributed by atoms with van der Waals surface area (Å²) >= 11 is 0. The molecule has 0 aromatic heterocycles. The van der Waals surface area contributed by atoms with E-state index in [1.54, 1.807) is 0 Å². The van der Waals surface area contributed by atoms with Crippen molar-refractivity contribution in [1.29, 1.82) is 0 Å². The van der Waals surface area contributed by atoms with E-state index in [4.69, 9.17) is 5.11 Å². The zero-order valence-electron chi connectivity index (χ0n) is 9.23. The van der Waals surface area contributed by atoms with E-state index >= 15 is 0 Å².